The van der Waals surface area contributed by atoms with Gasteiger partial charge in [0.25, 0.3) is 0 Å². The van der Waals surface area contributed by atoms with Crippen molar-refractivity contribution >= 4 is 5.97 Å². The second-order valence-corrected chi connectivity index (χ2v) is 4.92. The van der Waals surface area contributed by atoms with E-state index in [4.69, 9.17) is 9.47 Å². The lowest BCUT2D eigenvalue weighted by molar-refractivity contribution is -0.156. The lowest BCUT2D eigenvalue weighted by atomic mass is 10.1. The molecule has 2 atom stereocenters. The number of ether oxygens (including phenoxy) is 2. The number of carbonyl (C=O) groups is 1. The summed E-state index contributed by atoms with van der Waals surface area (Å²) >= 11 is 0. The number of hydrogen-bond donors (Lipinski definition) is 0. The quantitative estimate of drug-likeness (QED) is 0.567. The summed E-state index contributed by atoms with van der Waals surface area (Å²) in [7, 11) is 0. The molecule has 0 radical (unpaired) electrons. The van der Waals surface area contributed by atoms with Crippen molar-refractivity contribution in [3.63, 3.8) is 0 Å². The minimum atomic E-state index is -0.454. The van der Waals surface area contributed by atoms with E-state index in [-0.39, 0.29) is 12.1 Å². The highest BCUT2D eigenvalue weighted by atomic mass is 16.6. The Balaban J connectivity index is 1.95. The molecule has 16 heavy (non-hydrogen) atoms. The Morgan fingerprint density at radius 2 is 1.88 bits per heavy atom. The van der Waals surface area contributed by atoms with Crippen LogP contribution in [0, 0.1) is 0 Å². The number of benzene rings is 1. The molecule has 1 aromatic carbocycles. The van der Waals surface area contributed by atoms with Crippen LogP contribution < -0.4 is 0 Å². The molecule has 1 aliphatic heterocycles. The van der Waals surface area contributed by atoms with Crippen molar-refractivity contribution < 1.29 is 14.3 Å². The average molecular weight is 220 g/mol. The van der Waals surface area contributed by atoms with E-state index in [1.807, 2.05) is 51.1 Å². The molecule has 86 valence electrons. The Labute approximate surface area is 95.4 Å². The maximum atomic E-state index is 11.7. The maximum Gasteiger partial charge on any atom is 0.338 e. The predicted octanol–water partition coefficient (Wildman–Crippen LogP) is 2.47. The normalized spacial score (nSPS) is 23.9. The maximum absolute atomic E-state index is 11.7. The van der Waals surface area contributed by atoms with E-state index in [0.717, 1.165) is 5.56 Å². The van der Waals surface area contributed by atoms with Gasteiger partial charge >= 0.3 is 5.97 Å². The fourth-order valence-electron chi connectivity index (χ4n) is 1.55. The summed E-state index contributed by atoms with van der Waals surface area (Å²) in [6.07, 6.45) is -0.558. The van der Waals surface area contributed by atoms with Crippen molar-refractivity contribution in [2.75, 3.05) is 0 Å². The van der Waals surface area contributed by atoms with Gasteiger partial charge in [-0.2, -0.15) is 0 Å². The summed E-state index contributed by atoms with van der Waals surface area (Å²) in [6.45, 7) is 5.56. The fourth-order valence-corrected chi connectivity index (χ4v) is 1.55. The van der Waals surface area contributed by atoms with Crippen LogP contribution in [-0.2, 0) is 14.3 Å². The van der Waals surface area contributed by atoms with Crippen LogP contribution in [0.1, 0.15) is 32.4 Å². The van der Waals surface area contributed by atoms with Gasteiger partial charge in [-0.3, -0.25) is 0 Å². The first-order valence-electron chi connectivity index (χ1n) is 5.41. The third-order valence-electron chi connectivity index (χ3n) is 2.26. The number of hydrogen-bond acceptors (Lipinski definition) is 3. The lowest BCUT2D eigenvalue weighted by Crippen LogP contribution is -2.26. The zero-order valence-electron chi connectivity index (χ0n) is 9.77. The summed E-state index contributed by atoms with van der Waals surface area (Å²) in [5.41, 5.74) is 0.572. The summed E-state index contributed by atoms with van der Waals surface area (Å²) in [4.78, 5) is 11.7. The topological polar surface area (TPSA) is 38.8 Å². The largest absolute Gasteiger partial charge is 0.458 e. The third-order valence-corrected chi connectivity index (χ3v) is 2.26. The van der Waals surface area contributed by atoms with Gasteiger partial charge in [0.15, 0.2) is 6.10 Å². The van der Waals surface area contributed by atoms with E-state index in [9.17, 15) is 4.79 Å². The van der Waals surface area contributed by atoms with Crippen molar-refractivity contribution in [3.05, 3.63) is 35.9 Å². The minimum Gasteiger partial charge on any atom is -0.458 e. The zero-order chi connectivity index (χ0) is 11.8. The van der Waals surface area contributed by atoms with E-state index in [1.165, 1.54) is 0 Å². The van der Waals surface area contributed by atoms with Crippen molar-refractivity contribution in [2.45, 2.75) is 38.6 Å². The van der Waals surface area contributed by atoms with Crippen LogP contribution in [0.2, 0.25) is 0 Å². The van der Waals surface area contributed by atoms with Crippen molar-refractivity contribution in [1.82, 2.24) is 0 Å². The highest BCUT2D eigenvalue weighted by molar-refractivity contribution is 5.78. The number of esters is 1. The first-order valence-corrected chi connectivity index (χ1v) is 5.41. The molecular formula is C13H16O3. The molecule has 3 nitrogen and oxygen atoms in total. The molecular weight excluding hydrogens is 204 g/mol. The van der Waals surface area contributed by atoms with Gasteiger partial charge in [-0.1, -0.05) is 30.3 Å². The zero-order valence-corrected chi connectivity index (χ0v) is 9.77. The van der Waals surface area contributed by atoms with Crippen molar-refractivity contribution in [1.29, 1.82) is 0 Å². The molecule has 1 aliphatic rings. The molecule has 0 N–H and O–H groups in total. The molecule has 0 spiro atoms. The number of rotatable bonds is 2. The van der Waals surface area contributed by atoms with Gasteiger partial charge < -0.3 is 9.47 Å². The Morgan fingerprint density at radius 1 is 1.25 bits per heavy atom. The Kier molecular flexibility index (Phi) is 2.72. The van der Waals surface area contributed by atoms with Gasteiger partial charge in [0, 0.05) is 0 Å². The summed E-state index contributed by atoms with van der Waals surface area (Å²) in [5, 5.41) is 0. The highest BCUT2D eigenvalue weighted by Gasteiger charge is 2.48. The van der Waals surface area contributed by atoms with Gasteiger partial charge in [-0.05, 0) is 26.3 Å². The molecule has 1 aromatic rings. The molecule has 0 unspecified atom stereocenters. The summed E-state index contributed by atoms with van der Waals surface area (Å²) in [6, 6.07) is 9.71. The van der Waals surface area contributed by atoms with Crippen LogP contribution in [-0.4, -0.2) is 17.7 Å². The molecule has 0 saturated carbocycles. The summed E-state index contributed by atoms with van der Waals surface area (Å²) < 4.78 is 10.6. The second-order valence-electron chi connectivity index (χ2n) is 4.92. The van der Waals surface area contributed by atoms with Crippen LogP contribution >= 0.6 is 0 Å². The first-order chi connectivity index (χ1) is 7.47. The van der Waals surface area contributed by atoms with Gasteiger partial charge in [-0.15, -0.1) is 0 Å². The van der Waals surface area contributed by atoms with Gasteiger partial charge in [0.1, 0.15) is 11.7 Å². The minimum absolute atomic E-state index is 0.129. The predicted molar refractivity (Wildman–Crippen MR) is 59.9 cm³/mol. The van der Waals surface area contributed by atoms with Crippen LogP contribution in [0.4, 0.5) is 0 Å². The van der Waals surface area contributed by atoms with Gasteiger partial charge in [0.05, 0.1) is 0 Å². The molecule has 0 aliphatic carbocycles. The molecule has 1 heterocycles. The van der Waals surface area contributed by atoms with Crippen LogP contribution in [0.15, 0.2) is 30.3 Å². The third kappa shape index (κ3) is 2.61. The smallest absolute Gasteiger partial charge is 0.338 e. The number of carbonyl (C=O) groups excluding carboxylic acids is 1. The SMILES string of the molecule is CC(C)(C)OC(=O)[C@@H]1O[C@@H]1c1ccccc1. The highest BCUT2D eigenvalue weighted by Crippen LogP contribution is 2.39. The first kappa shape index (κ1) is 11.1. The van der Waals surface area contributed by atoms with Gasteiger partial charge in [-0.25, -0.2) is 4.79 Å². The van der Waals surface area contributed by atoms with Gasteiger partial charge in [0.2, 0.25) is 0 Å². The van der Waals surface area contributed by atoms with Crippen LogP contribution in [0.3, 0.4) is 0 Å². The van der Waals surface area contributed by atoms with E-state index in [1.54, 1.807) is 0 Å². The fraction of sp³-hybridized carbons (Fsp3) is 0.462. The second kappa shape index (κ2) is 3.91. The Bertz CT molecular complexity index is 378. The molecule has 2 rings (SSSR count). The monoisotopic (exact) mass is 220 g/mol. The molecule has 1 saturated heterocycles. The lowest BCUT2D eigenvalue weighted by Gasteiger charge is -2.18. The van der Waals surface area contributed by atoms with E-state index in [0.29, 0.717) is 0 Å². The Morgan fingerprint density at radius 3 is 2.44 bits per heavy atom. The van der Waals surface area contributed by atoms with Crippen molar-refractivity contribution in [2.24, 2.45) is 0 Å². The Hall–Kier alpha value is -1.35. The van der Waals surface area contributed by atoms with E-state index >= 15 is 0 Å². The van der Waals surface area contributed by atoms with E-state index in [2.05, 4.69) is 0 Å². The van der Waals surface area contributed by atoms with Crippen LogP contribution in [0.5, 0.6) is 0 Å². The summed E-state index contributed by atoms with van der Waals surface area (Å²) in [5.74, 6) is -0.277. The molecule has 1 fully saturated rings. The average Bonchev–Trinajstić information content (AvgIpc) is 2.96. The van der Waals surface area contributed by atoms with Crippen molar-refractivity contribution in [3.8, 4) is 0 Å². The standard InChI is InChI=1S/C13H16O3/c1-13(2,3)16-12(14)11-10(15-11)9-7-5-4-6-8-9/h4-8,10-11H,1-3H3/t10-,11-/m1/s1. The molecule has 3 heteroatoms. The number of epoxide rings is 1. The molecule has 0 bridgehead atoms. The molecule has 0 amide bonds. The van der Waals surface area contributed by atoms with E-state index < -0.39 is 11.7 Å². The van der Waals surface area contributed by atoms with Crippen LogP contribution in [0.25, 0.3) is 0 Å². The molecule has 0 aromatic heterocycles.